The fourth-order valence-electron chi connectivity index (χ4n) is 3.06. The van der Waals surface area contributed by atoms with E-state index in [2.05, 4.69) is 14.5 Å². The molecule has 1 saturated heterocycles. The molecule has 1 aliphatic heterocycles. The van der Waals surface area contributed by atoms with Crippen LogP contribution in [-0.4, -0.2) is 56.4 Å². The van der Waals surface area contributed by atoms with Crippen LogP contribution < -0.4 is 9.50 Å². The van der Waals surface area contributed by atoms with Crippen molar-refractivity contribution in [3.63, 3.8) is 0 Å². The van der Waals surface area contributed by atoms with Gasteiger partial charge >= 0.3 is 10.4 Å². The van der Waals surface area contributed by atoms with Crippen LogP contribution in [0.3, 0.4) is 0 Å². The highest BCUT2D eigenvalue weighted by molar-refractivity contribution is 7.89. The summed E-state index contributed by atoms with van der Waals surface area (Å²) in [7, 11) is -8.77. The van der Waals surface area contributed by atoms with E-state index in [1.54, 1.807) is 6.92 Å². The molecule has 27 heavy (non-hydrogen) atoms. The van der Waals surface area contributed by atoms with Crippen LogP contribution >= 0.6 is 11.6 Å². The van der Waals surface area contributed by atoms with E-state index in [0.29, 0.717) is 26.1 Å². The van der Waals surface area contributed by atoms with Crippen molar-refractivity contribution in [2.24, 2.45) is 0 Å². The van der Waals surface area contributed by atoms with Gasteiger partial charge in [-0.05, 0) is 32.0 Å². The number of hydrogen-bond donors (Lipinski definition) is 2. The maximum atomic E-state index is 13.3. The van der Waals surface area contributed by atoms with E-state index in [9.17, 15) is 16.8 Å². The first-order valence-corrected chi connectivity index (χ1v) is 11.3. The molecule has 1 fully saturated rings. The number of sulfonamides is 1. The first-order chi connectivity index (χ1) is 12.6. The Hall–Kier alpha value is -1.50. The summed E-state index contributed by atoms with van der Waals surface area (Å²) >= 11 is 6.19. The van der Waals surface area contributed by atoms with Gasteiger partial charge < -0.3 is 9.50 Å². The van der Waals surface area contributed by atoms with Crippen LogP contribution in [0.5, 0.6) is 5.88 Å². The molecule has 0 bridgehead atoms. The van der Waals surface area contributed by atoms with Gasteiger partial charge in [0, 0.05) is 29.9 Å². The van der Waals surface area contributed by atoms with Crippen molar-refractivity contribution in [3.05, 3.63) is 29.4 Å². The highest BCUT2D eigenvalue weighted by atomic mass is 35.5. The number of rotatable bonds is 4. The minimum Gasteiger partial charge on any atom is -0.340 e. The summed E-state index contributed by atoms with van der Waals surface area (Å²) in [5.74, 6) is -0.459. The second kappa shape index (κ2) is 7.49. The smallest absolute Gasteiger partial charge is 0.340 e. The van der Waals surface area contributed by atoms with Gasteiger partial charge in [-0.15, -0.1) is 0 Å². The first-order valence-electron chi connectivity index (χ1n) is 8.08. The number of fused-ring (bicyclic) bond motifs is 1. The Labute approximate surface area is 162 Å². The van der Waals surface area contributed by atoms with Gasteiger partial charge in [-0.2, -0.15) is 12.7 Å². The summed E-state index contributed by atoms with van der Waals surface area (Å²) in [6.07, 6.45) is 1.73. The van der Waals surface area contributed by atoms with Gasteiger partial charge in [-0.25, -0.2) is 13.4 Å². The van der Waals surface area contributed by atoms with Crippen molar-refractivity contribution in [1.82, 2.24) is 14.6 Å². The van der Waals surface area contributed by atoms with Crippen LogP contribution in [0, 0.1) is 0 Å². The van der Waals surface area contributed by atoms with Crippen LogP contribution in [0.25, 0.3) is 10.8 Å². The monoisotopic (exact) mass is 435 g/mol. The molecule has 1 aliphatic rings. The van der Waals surface area contributed by atoms with Gasteiger partial charge in [-0.3, -0.25) is 4.55 Å². The van der Waals surface area contributed by atoms with E-state index in [0.717, 1.165) is 6.20 Å². The molecule has 0 saturated carbocycles. The summed E-state index contributed by atoms with van der Waals surface area (Å²) in [6, 6.07) is 3.97. The van der Waals surface area contributed by atoms with Crippen molar-refractivity contribution in [2.45, 2.75) is 24.3 Å². The molecule has 12 heteroatoms. The molecule has 0 amide bonds. The van der Waals surface area contributed by atoms with Crippen molar-refractivity contribution >= 4 is 42.8 Å². The van der Waals surface area contributed by atoms with Crippen molar-refractivity contribution in [1.29, 1.82) is 0 Å². The minimum atomic E-state index is -4.84. The molecule has 0 spiro atoms. The molecule has 3 rings (SSSR count). The quantitative estimate of drug-likeness (QED) is 0.691. The molecular weight excluding hydrogens is 418 g/mol. The lowest BCUT2D eigenvalue weighted by Gasteiger charge is -2.26. The molecule has 2 N–H and O–H groups in total. The molecule has 2 heterocycles. The fourth-order valence-corrected chi connectivity index (χ4v) is 5.60. The predicted octanol–water partition coefficient (Wildman–Crippen LogP) is 1.44. The van der Waals surface area contributed by atoms with E-state index < -0.39 is 26.3 Å². The number of pyridine rings is 1. The predicted molar refractivity (Wildman–Crippen MR) is 99.8 cm³/mol. The molecule has 1 aromatic carbocycles. The van der Waals surface area contributed by atoms with Crippen LogP contribution in [0.2, 0.25) is 5.02 Å². The zero-order valence-electron chi connectivity index (χ0n) is 14.3. The zero-order valence-corrected chi connectivity index (χ0v) is 16.7. The molecular formula is C15H18ClN3O6S2. The second-order valence-corrected chi connectivity index (χ2v) is 9.41. The van der Waals surface area contributed by atoms with Gasteiger partial charge in [0.05, 0.1) is 16.1 Å². The number of nitrogens with zero attached hydrogens (tertiary/aromatic N) is 2. The highest BCUT2D eigenvalue weighted by Gasteiger charge is 2.32. The van der Waals surface area contributed by atoms with Crippen molar-refractivity contribution in [2.75, 3.05) is 19.6 Å². The third kappa shape index (κ3) is 4.18. The van der Waals surface area contributed by atoms with Crippen molar-refractivity contribution in [3.8, 4) is 5.88 Å². The van der Waals surface area contributed by atoms with Gasteiger partial charge in [-0.1, -0.05) is 17.7 Å². The molecule has 0 unspecified atom stereocenters. The van der Waals surface area contributed by atoms with E-state index in [1.807, 2.05) is 0 Å². The maximum absolute atomic E-state index is 13.3. The Morgan fingerprint density at radius 2 is 2.07 bits per heavy atom. The second-order valence-electron chi connectivity index (χ2n) is 6.12. The van der Waals surface area contributed by atoms with E-state index >= 15 is 0 Å². The van der Waals surface area contributed by atoms with Crippen LogP contribution in [0.15, 0.2) is 29.3 Å². The standard InChI is InChI=1S/C15H18ClN3O6S2/c1-10-8-17-6-3-7-19(10)26(20,21)13-5-2-4-11-14(13)12(16)9-18-15(11)25-27(22,23)24/h2,4-5,9-10,17H,3,6-8H2,1H3,(H,22,23,24)/t10-/m1/s1. The Morgan fingerprint density at radius 3 is 2.78 bits per heavy atom. The zero-order chi connectivity index (χ0) is 19.8. The topological polar surface area (TPSA) is 126 Å². The summed E-state index contributed by atoms with van der Waals surface area (Å²) in [4.78, 5) is 3.66. The van der Waals surface area contributed by atoms with E-state index in [1.165, 1.54) is 22.5 Å². The lowest BCUT2D eigenvalue weighted by Crippen LogP contribution is -2.41. The number of aromatic nitrogens is 1. The number of hydrogen-bond acceptors (Lipinski definition) is 7. The summed E-state index contributed by atoms with van der Waals surface area (Å²) in [5.41, 5.74) is 0. The Morgan fingerprint density at radius 1 is 1.33 bits per heavy atom. The van der Waals surface area contributed by atoms with Gasteiger partial charge in [0.1, 0.15) is 0 Å². The van der Waals surface area contributed by atoms with Gasteiger partial charge in [0.15, 0.2) is 0 Å². The Kier molecular flexibility index (Phi) is 5.62. The minimum absolute atomic E-state index is 0.0208. The third-order valence-corrected chi connectivity index (χ3v) is 6.94. The molecule has 148 valence electrons. The average Bonchev–Trinajstić information content (AvgIpc) is 2.81. The normalized spacial score (nSPS) is 19.7. The molecule has 1 atom stereocenters. The summed E-state index contributed by atoms with van der Waals surface area (Å²) in [5, 5.41) is 3.34. The van der Waals surface area contributed by atoms with Crippen LogP contribution in [0.4, 0.5) is 0 Å². The highest BCUT2D eigenvalue weighted by Crippen LogP contribution is 2.36. The largest absolute Gasteiger partial charge is 0.448 e. The number of halogens is 1. The number of nitrogens with one attached hydrogen (secondary N) is 1. The SMILES string of the molecule is C[C@@H]1CNCCCN1S(=O)(=O)c1cccc2c(OS(=O)(=O)O)ncc(Cl)c12. The molecule has 2 aromatic rings. The fraction of sp³-hybridized carbons (Fsp3) is 0.400. The maximum Gasteiger partial charge on any atom is 0.448 e. The number of benzene rings is 1. The summed E-state index contributed by atoms with van der Waals surface area (Å²) < 4.78 is 63.6. The average molecular weight is 436 g/mol. The lowest BCUT2D eigenvalue weighted by atomic mass is 10.2. The first kappa shape index (κ1) is 20.2. The van der Waals surface area contributed by atoms with E-state index in [-0.39, 0.29) is 26.7 Å². The molecule has 0 aliphatic carbocycles. The van der Waals surface area contributed by atoms with Crippen LogP contribution in [-0.2, 0) is 20.4 Å². The van der Waals surface area contributed by atoms with Gasteiger partial charge in [0.2, 0.25) is 15.9 Å². The molecule has 9 nitrogen and oxygen atoms in total. The van der Waals surface area contributed by atoms with Crippen molar-refractivity contribution < 1.29 is 25.6 Å². The van der Waals surface area contributed by atoms with Crippen LogP contribution in [0.1, 0.15) is 13.3 Å². The third-order valence-electron chi connectivity index (χ3n) is 4.22. The van der Waals surface area contributed by atoms with E-state index in [4.69, 9.17) is 16.2 Å². The summed E-state index contributed by atoms with van der Waals surface area (Å²) in [6.45, 7) is 3.36. The van der Waals surface area contributed by atoms with Gasteiger partial charge in [0.25, 0.3) is 0 Å². The Balaban J connectivity index is 2.21. The lowest BCUT2D eigenvalue weighted by molar-refractivity contribution is 0.354. The molecule has 0 radical (unpaired) electrons. The molecule has 1 aromatic heterocycles. The Bertz CT molecular complexity index is 1070.